The van der Waals surface area contributed by atoms with Crippen LogP contribution in [0.2, 0.25) is 0 Å². The number of pyridine rings is 1. The lowest BCUT2D eigenvalue weighted by atomic mass is 10.2. The fourth-order valence-electron chi connectivity index (χ4n) is 4.10. The van der Waals surface area contributed by atoms with Crippen LogP contribution < -0.4 is 0 Å². The molecule has 0 aromatic carbocycles. The molecule has 7 heteroatoms. The molecular formula is C21H24N6O. The number of aromatic amines is 1. The van der Waals surface area contributed by atoms with E-state index in [4.69, 9.17) is 0 Å². The highest BCUT2D eigenvalue weighted by atomic mass is 16.2. The summed E-state index contributed by atoms with van der Waals surface area (Å²) in [5.74, 6) is 1.51. The Morgan fingerprint density at radius 3 is 2.96 bits per heavy atom. The number of amides is 1. The average molecular weight is 376 g/mol. The van der Waals surface area contributed by atoms with Crippen LogP contribution in [0.25, 0.3) is 0 Å². The molecule has 1 N–H and O–H groups in total. The molecule has 144 valence electrons. The number of rotatable bonds is 5. The Balaban J connectivity index is 1.41. The lowest BCUT2D eigenvalue weighted by molar-refractivity contribution is 0.0721. The van der Waals surface area contributed by atoms with Crippen LogP contribution in [-0.2, 0) is 6.54 Å². The van der Waals surface area contributed by atoms with Crippen LogP contribution in [0.4, 0.5) is 0 Å². The molecule has 1 aliphatic carbocycles. The molecule has 2 fully saturated rings. The largest absolute Gasteiger partial charge is 0.327 e. The van der Waals surface area contributed by atoms with Gasteiger partial charge in [-0.2, -0.15) is 5.10 Å². The van der Waals surface area contributed by atoms with E-state index in [0.29, 0.717) is 18.2 Å². The van der Waals surface area contributed by atoms with Gasteiger partial charge in [-0.1, -0.05) is 6.07 Å². The number of likely N-dealkylation sites (tertiary alicyclic amines) is 1. The Kier molecular flexibility index (Phi) is 4.22. The van der Waals surface area contributed by atoms with Crippen LogP contribution >= 0.6 is 0 Å². The SMILES string of the molecule is Cc1cnc(C2CCCN2C(=O)c2cc(C3CC3)[nH]n2)n1Cc1cccnc1. The number of H-pyrrole nitrogens is 1. The number of aryl methyl sites for hydroxylation is 1. The maximum Gasteiger partial charge on any atom is 0.274 e. The molecule has 28 heavy (non-hydrogen) atoms. The molecule has 3 aromatic rings. The van der Waals surface area contributed by atoms with Crippen molar-refractivity contribution < 1.29 is 4.79 Å². The van der Waals surface area contributed by atoms with Crippen molar-refractivity contribution in [3.63, 3.8) is 0 Å². The molecular weight excluding hydrogens is 352 g/mol. The molecule has 1 saturated heterocycles. The van der Waals surface area contributed by atoms with E-state index >= 15 is 0 Å². The molecule has 2 aliphatic rings. The summed E-state index contributed by atoms with van der Waals surface area (Å²) < 4.78 is 2.20. The third kappa shape index (κ3) is 3.10. The topological polar surface area (TPSA) is 79.7 Å². The summed E-state index contributed by atoms with van der Waals surface area (Å²) in [5.41, 5.74) is 3.83. The summed E-state index contributed by atoms with van der Waals surface area (Å²) in [6, 6.07) is 5.93. The predicted molar refractivity (Wildman–Crippen MR) is 104 cm³/mol. The van der Waals surface area contributed by atoms with Crippen LogP contribution in [0.15, 0.2) is 36.8 Å². The number of carbonyl (C=O) groups excluding carboxylic acids is 1. The number of carbonyl (C=O) groups is 1. The van der Waals surface area contributed by atoms with Gasteiger partial charge < -0.3 is 9.47 Å². The van der Waals surface area contributed by atoms with E-state index in [9.17, 15) is 4.79 Å². The Bertz CT molecular complexity index is 988. The van der Waals surface area contributed by atoms with Gasteiger partial charge in [0.1, 0.15) is 11.5 Å². The van der Waals surface area contributed by atoms with Gasteiger partial charge in [0.2, 0.25) is 0 Å². The van der Waals surface area contributed by atoms with Crippen molar-refractivity contribution in [1.29, 1.82) is 0 Å². The minimum absolute atomic E-state index is 0.000712. The summed E-state index contributed by atoms with van der Waals surface area (Å²) in [6.07, 6.45) is 9.84. The number of hydrogen-bond acceptors (Lipinski definition) is 4. The van der Waals surface area contributed by atoms with Crippen molar-refractivity contribution >= 4 is 5.91 Å². The molecule has 0 bridgehead atoms. The molecule has 7 nitrogen and oxygen atoms in total. The zero-order chi connectivity index (χ0) is 19.1. The van der Waals surface area contributed by atoms with Gasteiger partial charge >= 0.3 is 0 Å². The number of imidazole rings is 1. The molecule has 0 radical (unpaired) electrons. The third-order valence-electron chi connectivity index (χ3n) is 5.80. The van der Waals surface area contributed by atoms with Crippen LogP contribution in [-0.4, -0.2) is 42.1 Å². The minimum atomic E-state index is -0.0149. The first kappa shape index (κ1) is 17.2. The van der Waals surface area contributed by atoms with Crippen LogP contribution in [0, 0.1) is 6.92 Å². The first-order chi connectivity index (χ1) is 13.7. The van der Waals surface area contributed by atoms with Crippen molar-refractivity contribution in [2.24, 2.45) is 0 Å². The smallest absolute Gasteiger partial charge is 0.274 e. The zero-order valence-corrected chi connectivity index (χ0v) is 16.0. The van der Waals surface area contributed by atoms with Gasteiger partial charge in [-0.15, -0.1) is 0 Å². The van der Waals surface area contributed by atoms with Gasteiger partial charge in [-0.3, -0.25) is 14.9 Å². The molecule has 1 aliphatic heterocycles. The zero-order valence-electron chi connectivity index (χ0n) is 16.0. The summed E-state index contributed by atoms with van der Waals surface area (Å²) in [5, 5.41) is 7.34. The number of nitrogens with zero attached hydrogens (tertiary/aromatic N) is 5. The Labute approximate surface area is 163 Å². The molecule has 1 amide bonds. The molecule has 1 atom stereocenters. The normalized spacial score (nSPS) is 19.3. The van der Waals surface area contributed by atoms with E-state index in [2.05, 4.69) is 37.7 Å². The van der Waals surface area contributed by atoms with E-state index in [1.54, 1.807) is 6.20 Å². The molecule has 1 saturated carbocycles. The van der Waals surface area contributed by atoms with Crippen molar-refractivity contribution in [1.82, 2.24) is 29.6 Å². The average Bonchev–Trinajstić information content (AvgIpc) is 3.12. The summed E-state index contributed by atoms with van der Waals surface area (Å²) in [7, 11) is 0. The van der Waals surface area contributed by atoms with Crippen molar-refractivity contribution in [3.8, 4) is 0 Å². The molecule has 5 rings (SSSR count). The fourth-order valence-corrected chi connectivity index (χ4v) is 4.10. The van der Waals surface area contributed by atoms with Gasteiger partial charge in [0, 0.05) is 42.4 Å². The number of hydrogen-bond donors (Lipinski definition) is 1. The highest BCUT2D eigenvalue weighted by Gasteiger charge is 2.35. The molecule has 3 aromatic heterocycles. The summed E-state index contributed by atoms with van der Waals surface area (Å²) in [4.78, 5) is 24.0. The first-order valence-electron chi connectivity index (χ1n) is 9.98. The minimum Gasteiger partial charge on any atom is -0.327 e. The number of aromatic nitrogens is 5. The fraction of sp³-hybridized carbons (Fsp3) is 0.429. The van der Waals surface area contributed by atoms with E-state index in [1.165, 1.54) is 12.8 Å². The van der Waals surface area contributed by atoms with Crippen molar-refractivity contribution in [2.45, 2.75) is 51.1 Å². The van der Waals surface area contributed by atoms with Gasteiger partial charge in [0.15, 0.2) is 0 Å². The Morgan fingerprint density at radius 1 is 1.29 bits per heavy atom. The number of nitrogens with one attached hydrogen (secondary N) is 1. The lowest BCUT2D eigenvalue weighted by Crippen LogP contribution is -2.32. The van der Waals surface area contributed by atoms with E-state index in [0.717, 1.165) is 42.2 Å². The van der Waals surface area contributed by atoms with Crippen molar-refractivity contribution in [3.05, 3.63) is 65.3 Å². The highest BCUT2D eigenvalue weighted by molar-refractivity contribution is 5.92. The Morgan fingerprint density at radius 2 is 2.18 bits per heavy atom. The van der Waals surface area contributed by atoms with Crippen molar-refractivity contribution in [2.75, 3.05) is 6.54 Å². The van der Waals surface area contributed by atoms with Gasteiger partial charge in [0.05, 0.1) is 12.6 Å². The summed E-state index contributed by atoms with van der Waals surface area (Å²) >= 11 is 0. The molecule has 0 spiro atoms. The van der Waals surface area contributed by atoms with Crippen LogP contribution in [0.1, 0.15) is 70.9 Å². The highest BCUT2D eigenvalue weighted by Crippen LogP contribution is 2.39. The standard InChI is InChI=1S/C21H24N6O/c1-14-11-23-20(27(14)13-15-4-2-8-22-12-15)19-5-3-9-26(19)21(28)18-10-17(24-25-18)16-6-7-16/h2,4,8,10-12,16,19H,3,5-7,9,13H2,1H3,(H,24,25). The second-order valence-electron chi connectivity index (χ2n) is 7.84. The first-order valence-corrected chi connectivity index (χ1v) is 9.98. The van der Waals surface area contributed by atoms with Gasteiger partial charge in [-0.25, -0.2) is 4.98 Å². The summed E-state index contributed by atoms with van der Waals surface area (Å²) in [6.45, 7) is 3.51. The molecule has 1 unspecified atom stereocenters. The lowest BCUT2D eigenvalue weighted by Gasteiger charge is -2.24. The van der Waals surface area contributed by atoms with E-state index in [1.807, 2.05) is 29.4 Å². The quantitative estimate of drug-likeness (QED) is 0.741. The Hall–Kier alpha value is -2.96. The molecule has 4 heterocycles. The van der Waals surface area contributed by atoms with E-state index in [-0.39, 0.29) is 11.9 Å². The predicted octanol–water partition coefficient (Wildman–Crippen LogP) is 3.21. The second kappa shape index (κ2) is 6.89. The van der Waals surface area contributed by atoms with Crippen LogP contribution in [0.5, 0.6) is 0 Å². The van der Waals surface area contributed by atoms with E-state index < -0.39 is 0 Å². The maximum atomic E-state index is 13.2. The van der Waals surface area contributed by atoms with Crippen LogP contribution in [0.3, 0.4) is 0 Å². The van der Waals surface area contributed by atoms with Gasteiger partial charge in [-0.05, 0) is 50.3 Å². The third-order valence-corrected chi connectivity index (χ3v) is 5.80. The monoisotopic (exact) mass is 376 g/mol. The maximum absolute atomic E-state index is 13.2. The van der Waals surface area contributed by atoms with Gasteiger partial charge in [0.25, 0.3) is 5.91 Å². The second-order valence-corrected chi connectivity index (χ2v) is 7.84.